The molecule has 0 aromatic heterocycles. The number of benzene rings is 1. The first-order chi connectivity index (χ1) is 7.92. The van der Waals surface area contributed by atoms with E-state index in [4.69, 9.17) is 4.74 Å². The highest BCUT2D eigenvalue weighted by molar-refractivity contribution is 5.28. The van der Waals surface area contributed by atoms with Gasteiger partial charge in [0.05, 0.1) is 11.6 Å². The molecule has 0 spiro atoms. The zero-order valence-corrected chi connectivity index (χ0v) is 11.3. The summed E-state index contributed by atoms with van der Waals surface area (Å²) in [4.78, 5) is 0. The topological polar surface area (TPSA) is 21.3 Å². The SMILES string of the molecule is CCOC(C)(C)C(NC)c1cc(C)ccc1F. The maximum Gasteiger partial charge on any atom is 0.128 e. The minimum atomic E-state index is -0.446. The van der Waals surface area contributed by atoms with Crippen LogP contribution >= 0.6 is 0 Å². The van der Waals surface area contributed by atoms with E-state index in [-0.39, 0.29) is 11.9 Å². The second-order valence-electron chi connectivity index (χ2n) is 4.78. The van der Waals surface area contributed by atoms with Gasteiger partial charge in [-0.2, -0.15) is 0 Å². The van der Waals surface area contributed by atoms with Crippen LogP contribution in [0.3, 0.4) is 0 Å². The van der Waals surface area contributed by atoms with Crippen molar-refractivity contribution in [3.63, 3.8) is 0 Å². The lowest BCUT2D eigenvalue weighted by Gasteiger charge is -2.34. The van der Waals surface area contributed by atoms with Crippen molar-refractivity contribution in [3.05, 3.63) is 35.1 Å². The van der Waals surface area contributed by atoms with Crippen molar-refractivity contribution >= 4 is 0 Å². The highest BCUT2D eigenvalue weighted by Crippen LogP contribution is 2.30. The van der Waals surface area contributed by atoms with Crippen molar-refractivity contribution in [1.29, 1.82) is 0 Å². The Morgan fingerprint density at radius 1 is 1.41 bits per heavy atom. The van der Waals surface area contributed by atoms with Crippen molar-refractivity contribution < 1.29 is 9.13 Å². The molecule has 0 radical (unpaired) electrons. The van der Waals surface area contributed by atoms with Crippen LogP contribution in [-0.2, 0) is 4.74 Å². The summed E-state index contributed by atoms with van der Waals surface area (Å²) < 4.78 is 19.6. The molecule has 1 rings (SSSR count). The number of likely N-dealkylation sites (N-methyl/N-ethyl adjacent to an activating group) is 1. The molecular weight excluding hydrogens is 217 g/mol. The smallest absolute Gasteiger partial charge is 0.128 e. The van der Waals surface area contributed by atoms with E-state index < -0.39 is 5.60 Å². The van der Waals surface area contributed by atoms with Gasteiger partial charge < -0.3 is 10.1 Å². The molecule has 0 amide bonds. The maximum absolute atomic E-state index is 13.9. The van der Waals surface area contributed by atoms with Gasteiger partial charge in [-0.15, -0.1) is 0 Å². The fourth-order valence-corrected chi connectivity index (χ4v) is 2.22. The van der Waals surface area contributed by atoms with Gasteiger partial charge in [0.2, 0.25) is 0 Å². The molecule has 0 aliphatic carbocycles. The van der Waals surface area contributed by atoms with E-state index in [1.54, 1.807) is 6.07 Å². The molecule has 0 bridgehead atoms. The zero-order valence-electron chi connectivity index (χ0n) is 11.3. The average Bonchev–Trinajstić information content (AvgIpc) is 2.23. The van der Waals surface area contributed by atoms with Crippen molar-refractivity contribution in [3.8, 4) is 0 Å². The average molecular weight is 239 g/mol. The summed E-state index contributed by atoms with van der Waals surface area (Å²) >= 11 is 0. The maximum atomic E-state index is 13.9. The molecule has 1 unspecified atom stereocenters. The summed E-state index contributed by atoms with van der Waals surface area (Å²) in [7, 11) is 1.83. The molecule has 2 nitrogen and oxygen atoms in total. The van der Waals surface area contributed by atoms with Crippen LogP contribution in [0.1, 0.15) is 37.9 Å². The Hall–Kier alpha value is -0.930. The molecule has 0 aliphatic rings. The molecule has 1 aromatic carbocycles. The van der Waals surface area contributed by atoms with E-state index in [2.05, 4.69) is 5.32 Å². The van der Waals surface area contributed by atoms with Gasteiger partial charge in [-0.1, -0.05) is 17.7 Å². The lowest BCUT2D eigenvalue weighted by Crippen LogP contribution is -2.40. The monoisotopic (exact) mass is 239 g/mol. The third kappa shape index (κ3) is 3.27. The molecule has 96 valence electrons. The Bertz CT molecular complexity index is 376. The van der Waals surface area contributed by atoms with Crippen LogP contribution in [0.15, 0.2) is 18.2 Å². The van der Waals surface area contributed by atoms with E-state index in [1.807, 2.05) is 40.8 Å². The fourth-order valence-electron chi connectivity index (χ4n) is 2.22. The summed E-state index contributed by atoms with van der Waals surface area (Å²) in [5.74, 6) is -0.192. The van der Waals surface area contributed by atoms with Crippen molar-refractivity contribution in [2.24, 2.45) is 0 Å². The van der Waals surface area contributed by atoms with E-state index in [9.17, 15) is 4.39 Å². The Labute approximate surface area is 103 Å². The Kier molecular flexibility index (Phi) is 4.66. The fraction of sp³-hybridized carbons (Fsp3) is 0.571. The molecule has 3 heteroatoms. The Balaban J connectivity index is 3.13. The summed E-state index contributed by atoms with van der Waals surface area (Å²) in [6, 6.07) is 5.00. The van der Waals surface area contributed by atoms with Crippen LogP contribution in [0, 0.1) is 12.7 Å². The Morgan fingerprint density at radius 3 is 2.59 bits per heavy atom. The number of halogens is 1. The summed E-state index contributed by atoms with van der Waals surface area (Å²) in [6.07, 6.45) is 0. The number of nitrogens with one attached hydrogen (secondary N) is 1. The second kappa shape index (κ2) is 5.61. The van der Waals surface area contributed by atoms with Crippen LogP contribution in [0.2, 0.25) is 0 Å². The predicted octanol–water partition coefficient (Wildman–Crippen LogP) is 3.21. The lowest BCUT2D eigenvalue weighted by atomic mass is 9.90. The highest BCUT2D eigenvalue weighted by atomic mass is 19.1. The van der Waals surface area contributed by atoms with E-state index in [0.29, 0.717) is 12.2 Å². The molecule has 1 atom stereocenters. The highest BCUT2D eigenvalue weighted by Gasteiger charge is 2.32. The first kappa shape index (κ1) is 14.1. The number of hydrogen-bond donors (Lipinski definition) is 1. The van der Waals surface area contributed by atoms with E-state index >= 15 is 0 Å². The van der Waals surface area contributed by atoms with Gasteiger partial charge in [-0.05, 0) is 40.8 Å². The molecule has 0 fully saturated rings. The first-order valence-electron chi connectivity index (χ1n) is 5.99. The third-order valence-corrected chi connectivity index (χ3v) is 2.96. The largest absolute Gasteiger partial charge is 0.374 e. The van der Waals surface area contributed by atoms with Gasteiger partial charge in [-0.3, -0.25) is 0 Å². The molecular formula is C14H22FNO. The lowest BCUT2D eigenvalue weighted by molar-refractivity contribution is -0.0382. The third-order valence-electron chi connectivity index (χ3n) is 2.96. The minimum Gasteiger partial charge on any atom is -0.374 e. The zero-order chi connectivity index (χ0) is 13.1. The molecule has 0 aliphatic heterocycles. The second-order valence-corrected chi connectivity index (χ2v) is 4.78. The van der Waals surface area contributed by atoms with E-state index in [1.165, 1.54) is 6.07 Å². The summed E-state index contributed by atoms with van der Waals surface area (Å²) in [5.41, 5.74) is 1.26. The van der Waals surface area contributed by atoms with Gasteiger partial charge in [0.1, 0.15) is 5.82 Å². The van der Waals surface area contributed by atoms with E-state index in [0.717, 1.165) is 5.56 Å². The number of hydrogen-bond acceptors (Lipinski definition) is 2. The van der Waals surface area contributed by atoms with Crippen LogP contribution < -0.4 is 5.32 Å². The number of rotatable bonds is 5. The minimum absolute atomic E-state index is 0.164. The molecule has 1 aromatic rings. The van der Waals surface area contributed by atoms with Crippen molar-refractivity contribution in [2.75, 3.05) is 13.7 Å². The van der Waals surface area contributed by atoms with Crippen LogP contribution in [0.5, 0.6) is 0 Å². The molecule has 1 N–H and O–H groups in total. The van der Waals surface area contributed by atoms with Crippen molar-refractivity contribution in [2.45, 2.75) is 39.3 Å². The van der Waals surface area contributed by atoms with Gasteiger partial charge >= 0.3 is 0 Å². The molecule has 0 saturated heterocycles. The molecule has 0 saturated carbocycles. The molecule has 0 heterocycles. The van der Waals surface area contributed by atoms with Gasteiger partial charge in [-0.25, -0.2) is 4.39 Å². The normalized spacial score (nSPS) is 13.8. The number of aryl methyl sites for hydroxylation is 1. The Morgan fingerprint density at radius 2 is 2.06 bits per heavy atom. The van der Waals surface area contributed by atoms with Crippen LogP contribution in [0.25, 0.3) is 0 Å². The summed E-state index contributed by atoms with van der Waals surface area (Å²) in [6.45, 7) is 8.46. The van der Waals surface area contributed by atoms with Crippen LogP contribution in [0.4, 0.5) is 4.39 Å². The molecule has 17 heavy (non-hydrogen) atoms. The predicted molar refractivity (Wildman–Crippen MR) is 68.6 cm³/mol. The van der Waals surface area contributed by atoms with Gasteiger partial charge in [0.15, 0.2) is 0 Å². The van der Waals surface area contributed by atoms with Crippen LogP contribution in [-0.4, -0.2) is 19.3 Å². The van der Waals surface area contributed by atoms with Gasteiger partial charge in [0.25, 0.3) is 0 Å². The quantitative estimate of drug-likeness (QED) is 0.852. The number of ether oxygens (including phenoxy) is 1. The van der Waals surface area contributed by atoms with Crippen molar-refractivity contribution in [1.82, 2.24) is 5.32 Å². The van der Waals surface area contributed by atoms with Gasteiger partial charge in [0, 0.05) is 12.2 Å². The first-order valence-corrected chi connectivity index (χ1v) is 5.99. The standard InChI is InChI=1S/C14H22FNO/c1-6-17-14(3,4)13(16-5)11-9-10(2)7-8-12(11)15/h7-9,13,16H,6H2,1-5H3. The summed E-state index contributed by atoms with van der Waals surface area (Å²) in [5, 5.41) is 3.15.